The van der Waals surface area contributed by atoms with E-state index in [2.05, 4.69) is 52.6 Å². The molecule has 1 aliphatic heterocycles. The van der Waals surface area contributed by atoms with Gasteiger partial charge in [-0.3, -0.25) is 4.90 Å². The summed E-state index contributed by atoms with van der Waals surface area (Å²) in [5, 5.41) is 10.2. The molecular weight excluding hydrogens is 348 g/mol. The van der Waals surface area contributed by atoms with Crippen molar-refractivity contribution >= 4 is 5.82 Å². The van der Waals surface area contributed by atoms with E-state index in [0.29, 0.717) is 0 Å². The quantitative estimate of drug-likeness (QED) is 0.713. The highest BCUT2D eigenvalue weighted by Gasteiger charge is 2.23. The maximum Gasteiger partial charge on any atom is 0.136 e. The molecule has 0 bridgehead atoms. The smallest absolute Gasteiger partial charge is 0.136 e. The van der Waals surface area contributed by atoms with Crippen LogP contribution in [-0.4, -0.2) is 58.8 Å². The minimum atomic E-state index is -0.276. The van der Waals surface area contributed by atoms with Gasteiger partial charge in [-0.05, 0) is 32.3 Å². The molecule has 0 amide bonds. The summed E-state index contributed by atoms with van der Waals surface area (Å²) in [7, 11) is 0. The van der Waals surface area contributed by atoms with Crippen LogP contribution in [0.5, 0.6) is 0 Å². The summed E-state index contributed by atoms with van der Waals surface area (Å²) < 4.78 is 0. The van der Waals surface area contributed by atoms with E-state index in [4.69, 9.17) is 4.98 Å². The van der Waals surface area contributed by atoms with Gasteiger partial charge in [0.05, 0.1) is 6.10 Å². The average molecular weight is 381 g/mol. The molecule has 0 spiro atoms. The summed E-state index contributed by atoms with van der Waals surface area (Å²) in [5.41, 5.74) is 3.56. The van der Waals surface area contributed by atoms with Gasteiger partial charge in [-0.1, -0.05) is 36.4 Å². The van der Waals surface area contributed by atoms with Crippen molar-refractivity contribution in [3.05, 3.63) is 65.6 Å². The molecule has 1 fully saturated rings. The molecule has 1 N–H and O–H groups in total. The summed E-state index contributed by atoms with van der Waals surface area (Å²) in [5.74, 6) is 1.90. The van der Waals surface area contributed by atoms with Crippen molar-refractivity contribution < 1.29 is 5.11 Å². The lowest BCUT2D eigenvalue weighted by atomic mass is 10.0. The molecule has 5 nitrogen and oxygen atoms in total. The van der Waals surface area contributed by atoms with E-state index in [-0.39, 0.29) is 6.10 Å². The highest BCUT2D eigenvalue weighted by atomic mass is 16.3. The summed E-state index contributed by atoms with van der Waals surface area (Å²) >= 11 is 0. The average Bonchev–Trinajstić information content (AvgIpc) is 2.70. The first-order chi connectivity index (χ1) is 13.6. The van der Waals surface area contributed by atoms with Crippen LogP contribution >= 0.6 is 0 Å². The standard InChI is InChI=1S/C23H32N4O/c1-4-5-11-21(28)17-26-12-14-27(15-13-26)23-22(18(2)24-19(3)25-23)16-20-9-7-6-8-10-20/h4,6-10,21,28H,1,5,11-17H2,2-3H3/t21-/m1/s1. The lowest BCUT2D eigenvalue weighted by Gasteiger charge is -2.37. The van der Waals surface area contributed by atoms with Gasteiger partial charge in [-0.15, -0.1) is 6.58 Å². The summed E-state index contributed by atoms with van der Waals surface area (Å²) in [4.78, 5) is 14.2. The van der Waals surface area contributed by atoms with Crippen LogP contribution in [0.2, 0.25) is 0 Å². The summed E-state index contributed by atoms with van der Waals surface area (Å²) in [6.45, 7) is 12.3. The van der Waals surface area contributed by atoms with Crippen molar-refractivity contribution in [2.75, 3.05) is 37.6 Å². The molecule has 28 heavy (non-hydrogen) atoms. The van der Waals surface area contributed by atoms with Crippen LogP contribution in [0, 0.1) is 13.8 Å². The van der Waals surface area contributed by atoms with E-state index in [9.17, 15) is 5.11 Å². The summed E-state index contributed by atoms with van der Waals surface area (Å²) in [6, 6.07) is 10.5. The van der Waals surface area contributed by atoms with Crippen molar-refractivity contribution in [2.24, 2.45) is 0 Å². The zero-order valence-electron chi connectivity index (χ0n) is 17.1. The maximum absolute atomic E-state index is 10.2. The third kappa shape index (κ3) is 5.40. The number of aromatic nitrogens is 2. The Morgan fingerprint density at radius 1 is 1.11 bits per heavy atom. The van der Waals surface area contributed by atoms with Gasteiger partial charge in [0.25, 0.3) is 0 Å². The normalized spacial score (nSPS) is 16.2. The number of benzene rings is 1. The minimum Gasteiger partial charge on any atom is -0.392 e. The van der Waals surface area contributed by atoms with Crippen LogP contribution in [0.4, 0.5) is 5.82 Å². The lowest BCUT2D eigenvalue weighted by Crippen LogP contribution is -2.49. The van der Waals surface area contributed by atoms with Crippen LogP contribution in [0.3, 0.4) is 0 Å². The molecule has 1 saturated heterocycles. The number of aryl methyl sites for hydroxylation is 2. The molecule has 1 atom stereocenters. The molecule has 2 heterocycles. The molecule has 2 aromatic rings. The second kappa shape index (κ2) is 9.80. The number of anilines is 1. The van der Waals surface area contributed by atoms with Crippen LogP contribution in [0.25, 0.3) is 0 Å². The van der Waals surface area contributed by atoms with Crippen molar-refractivity contribution in [1.29, 1.82) is 0 Å². The van der Waals surface area contributed by atoms with E-state index in [1.807, 2.05) is 19.1 Å². The molecule has 5 heteroatoms. The molecule has 1 aliphatic rings. The number of nitrogens with zero attached hydrogens (tertiary/aromatic N) is 4. The Morgan fingerprint density at radius 2 is 1.82 bits per heavy atom. The van der Waals surface area contributed by atoms with E-state index in [1.54, 1.807) is 0 Å². The van der Waals surface area contributed by atoms with Gasteiger partial charge < -0.3 is 10.0 Å². The first kappa shape index (κ1) is 20.5. The van der Waals surface area contributed by atoms with Gasteiger partial charge in [0.15, 0.2) is 0 Å². The fourth-order valence-electron chi connectivity index (χ4n) is 3.83. The highest BCUT2D eigenvalue weighted by Crippen LogP contribution is 2.25. The minimum absolute atomic E-state index is 0.276. The molecule has 0 saturated carbocycles. The second-order valence-electron chi connectivity index (χ2n) is 7.63. The number of piperazine rings is 1. The second-order valence-corrected chi connectivity index (χ2v) is 7.63. The fraction of sp³-hybridized carbons (Fsp3) is 0.478. The fourth-order valence-corrected chi connectivity index (χ4v) is 3.83. The number of aliphatic hydroxyl groups is 1. The summed E-state index contributed by atoms with van der Waals surface area (Å²) in [6.07, 6.45) is 4.10. The van der Waals surface area contributed by atoms with Gasteiger partial charge in [-0.25, -0.2) is 9.97 Å². The van der Waals surface area contributed by atoms with Crippen LogP contribution < -0.4 is 4.90 Å². The Labute approximate surface area is 168 Å². The zero-order chi connectivity index (χ0) is 19.9. The third-order valence-corrected chi connectivity index (χ3v) is 5.37. The van der Waals surface area contributed by atoms with E-state index in [1.165, 1.54) is 11.1 Å². The number of allylic oxidation sites excluding steroid dienone is 1. The number of aliphatic hydroxyl groups excluding tert-OH is 1. The number of rotatable bonds is 8. The predicted octanol–water partition coefficient (Wildman–Crippen LogP) is 3.13. The van der Waals surface area contributed by atoms with Gasteiger partial charge in [0, 0.05) is 50.4 Å². The third-order valence-electron chi connectivity index (χ3n) is 5.37. The SMILES string of the molecule is C=CCC[C@@H](O)CN1CCN(c2nc(C)nc(C)c2Cc2ccccc2)CC1. The Bertz CT molecular complexity index is 770. The maximum atomic E-state index is 10.2. The zero-order valence-corrected chi connectivity index (χ0v) is 17.1. The van der Waals surface area contributed by atoms with Crippen molar-refractivity contribution in [2.45, 2.75) is 39.2 Å². The van der Waals surface area contributed by atoms with Crippen LogP contribution in [0.15, 0.2) is 43.0 Å². The monoisotopic (exact) mass is 380 g/mol. The van der Waals surface area contributed by atoms with Crippen molar-refractivity contribution in [3.8, 4) is 0 Å². The molecule has 0 aliphatic carbocycles. The molecule has 0 unspecified atom stereocenters. The molecule has 1 aromatic heterocycles. The van der Waals surface area contributed by atoms with Crippen LogP contribution in [-0.2, 0) is 6.42 Å². The van der Waals surface area contributed by atoms with Crippen molar-refractivity contribution in [3.63, 3.8) is 0 Å². The largest absolute Gasteiger partial charge is 0.392 e. The molecule has 0 radical (unpaired) electrons. The Kier molecular flexibility index (Phi) is 7.18. The number of β-amino-alcohol motifs (C(OH)–C–C–N with tert-alkyl or cyclic N) is 1. The highest BCUT2D eigenvalue weighted by molar-refractivity contribution is 5.51. The van der Waals surface area contributed by atoms with Gasteiger partial charge >= 0.3 is 0 Å². The van der Waals surface area contributed by atoms with Crippen LogP contribution in [0.1, 0.15) is 35.5 Å². The Morgan fingerprint density at radius 3 is 2.50 bits per heavy atom. The van der Waals surface area contributed by atoms with Gasteiger partial charge in [0.1, 0.15) is 11.6 Å². The molecule has 3 rings (SSSR count). The van der Waals surface area contributed by atoms with Gasteiger partial charge in [0.2, 0.25) is 0 Å². The van der Waals surface area contributed by atoms with Crippen molar-refractivity contribution in [1.82, 2.24) is 14.9 Å². The molecule has 1 aromatic carbocycles. The van der Waals surface area contributed by atoms with E-state index < -0.39 is 0 Å². The molecular formula is C23H32N4O. The Balaban J connectivity index is 1.69. The first-order valence-electron chi connectivity index (χ1n) is 10.2. The molecule has 150 valence electrons. The Hall–Kier alpha value is -2.24. The first-order valence-corrected chi connectivity index (χ1v) is 10.2. The van der Waals surface area contributed by atoms with Gasteiger partial charge in [-0.2, -0.15) is 0 Å². The van der Waals surface area contributed by atoms with E-state index >= 15 is 0 Å². The van der Waals surface area contributed by atoms with E-state index in [0.717, 1.165) is 69.3 Å². The lowest BCUT2D eigenvalue weighted by molar-refractivity contribution is 0.103. The topological polar surface area (TPSA) is 52.5 Å². The number of hydrogen-bond donors (Lipinski definition) is 1. The predicted molar refractivity (Wildman–Crippen MR) is 115 cm³/mol. The number of hydrogen-bond acceptors (Lipinski definition) is 5.